The van der Waals surface area contributed by atoms with Crippen LogP contribution in [-0.4, -0.2) is 25.1 Å². The molecule has 1 N–H and O–H groups in total. The lowest BCUT2D eigenvalue weighted by atomic mass is 10.1. The fraction of sp³-hybridized carbons (Fsp3) is 0.154. The van der Waals surface area contributed by atoms with Crippen molar-refractivity contribution in [3.05, 3.63) is 83.1 Å². The molecule has 0 atom stereocenters. The molecule has 0 radical (unpaired) electrons. The van der Waals surface area contributed by atoms with E-state index < -0.39 is 5.91 Å². The smallest absolute Gasteiger partial charge is 0.262 e. The van der Waals surface area contributed by atoms with Crippen molar-refractivity contribution in [1.29, 1.82) is 0 Å². The van der Waals surface area contributed by atoms with Crippen LogP contribution in [0, 0.1) is 13.8 Å². The molecule has 0 spiro atoms. The first-order valence-electron chi connectivity index (χ1n) is 10.5. The Bertz CT molecular complexity index is 1390. The number of furan rings is 1. The van der Waals surface area contributed by atoms with Crippen molar-refractivity contribution in [1.82, 2.24) is 0 Å². The van der Waals surface area contributed by atoms with Crippen molar-refractivity contribution in [2.24, 2.45) is 0 Å². The number of ketones is 1. The van der Waals surface area contributed by atoms with Gasteiger partial charge in [-0.1, -0.05) is 29.8 Å². The molecule has 7 nitrogen and oxygen atoms in total. The van der Waals surface area contributed by atoms with Crippen LogP contribution < -0.4 is 19.5 Å². The molecular weight excluding hydrogens is 422 g/mol. The van der Waals surface area contributed by atoms with Gasteiger partial charge in [0, 0.05) is 10.9 Å². The number of rotatable bonds is 6. The molecule has 7 heteroatoms. The first-order chi connectivity index (χ1) is 16.0. The van der Waals surface area contributed by atoms with E-state index in [2.05, 4.69) is 5.32 Å². The van der Waals surface area contributed by atoms with Crippen LogP contribution in [0.4, 0.5) is 5.69 Å². The fourth-order valence-electron chi connectivity index (χ4n) is 3.78. The Hall–Kier alpha value is -4.26. The fourth-order valence-corrected chi connectivity index (χ4v) is 3.78. The van der Waals surface area contributed by atoms with Gasteiger partial charge in [-0.3, -0.25) is 9.59 Å². The average Bonchev–Trinajstić information content (AvgIpc) is 3.42. The van der Waals surface area contributed by atoms with Gasteiger partial charge in [0.1, 0.15) is 11.3 Å². The molecule has 0 fully saturated rings. The monoisotopic (exact) mass is 443 g/mol. The van der Waals surface area contributed by atoms with Gasteiger partial charge in [0.2, 0.25) is 12.6 Å². The molecule has 0 saturated carbocycles. The Morgan fingerprint density at radius 2 is 1.79 bits per heavy atom. The zero-order valence-electron chi connectivity index (χ0n) is 18.1. The number of hydrogen-bond donors (Lipinski definition) is 1. The van der Waals surface area contributed by atoms with Gasteiger partial charge in [-0.25, -0.2) is 0 Å². The Balaban J connectivity index is 1.42. The molecule has 1 aromatic heterocycles. The zero-order chi connectivity index (χ0) is 22.9. The van der Waals surface area contributed by atoms with Crippen molar-refractivity contribution < 1.29 is 28.2 Å². The maximum Gasteiger partial charge on any atom is 0.262 e. The largest absolute Gasteiger partial charge is 0.483 e. The second-order valence-corrected chi connectivity index (χ2v) is 7.81. The van der Waals surface area contributed by atoms with Crippen LogP contribution in [0.15, 0.2) is 65.1 Å². The second-order valence-electron chi connectivity index (χ2n) is 7.81. The highest BCUT2D eigenvalue weighted by molar-refractivity contribution is 6.17. The Labute approximate surface area is 189 Å². The van der Waals surface area contributed by atoms with E-state index in [9.17, 15) is 9.59 Å². The second kappa shape index (κ2) is 8.35. The molecule has 0 saturated heterocycles. The number of fused-ring (bicyclic) bond motifs is 2. The van der Waals surface area contributed by atoms with Crippen LogP contribution in [-0.2, 0) is 4.79 Å². The SMILES string of the molecule is Cc1ccc(OCC(=O)Nc2c(C(=O)c3ccc4c(c3)OCO4)oc3ccccc23)c(C)c1. The number of ether oxygens (including phenoxy) is 3. The van der Waals surface area contributed by atoms with Gasteiger partial charge in [0.15, 0.2) is 23.9 Å². The van der Waals surface area contributed by atoms with Crippen molar-refractivity contribution in [3.8, 4) is 17.2 Å². The molecule has 2 heterocycles. The molecule has 3 aromatic carbocycles. The highest BCUT2D eigenvalue weighted by atomic mass is 16.7. The minimum atomic E-state index is -0.402. The van der Waals surface area contributed by atoms with Gasteiger partial charge in [-0.05, 0) is 55.8 Å². The molecule has 0 unspecified atom stereocenters. The lowest BCUT2D eigenvalue weighted by molar-refractivity contribution is -0.118. The van der Waals surface area contributed by atoms with Crippen LogP contribution in [0.1, 0.15) is 27.2 Å². The van der Waals surface area contributed by atoms with E-state index in [0.29, 0.717) is 39.5 Å². The number of aryl methyl sites for hydroxylation is 2. The lowest BCUT2D eigenvalue weighted by Gasteiger charge is -2.10. The van der Waals surface area contributed by atoms with E-state index in [1.807, 2.05) is 38.1 Å². The molecule has 0 aliphatic carbocycles. The lowest BCUT2D eigenvalue weighted by Crippen LogP contribution is -2.21. The molecule has 5 rings (SSSR count). The van der Waals surface area contributed by atoms with E-state index in [4.69, 9.17) is 18.6 Å². The molecule has 1 aliphatic rings. The summed E-state index contributed by atoms with van der Waals surface area (Å²) in [6, 6.07) is 17.8. The zero-order valence-corrected chi connectivity index (χ0v) is 18.1. The quantitative estimate of drug-likeness (QED) is 0.421. The van der Waals surface area contributed by atoms with Crippen LogP contribution in [0.3, 0.4) is 0 Å². The first kappa shape index (κ1) is 20.6. The average molecular weight is 443 g/mol. The van der Waals surface area contributed by atoms with Crippen molar-refractivity contribution >= 4 is 28.3 Å². The van der Waals surface area contributed by atoms with E-state index >= 15 is 0 Å². The number of amides is 1. The van der Waals surface area contributed by atoms with Crippen molar-refractivity contribution in [3.63, 3.8) is 0 Å². The van der Waals surface area contributed by atoms with Gasteiger partial charge in [-0.15, -0.1) is 0 Å². The summed E-state index contributed by atoms with van der Waals surface area (Å²) in [6.45, 7) is 3.82. The molecule has 0 bridgehead atoms. The van der Waals surface area contributed by atoms with Crippen LogP contribution in [0.5, 0.6) is 17.2 Å². The predicted molar refractivity (Wildman–Crippen MR) is 122 cm³/mol. The van der Waals surface area contributed by atoms with E-state index in [1.165, 1.54) is 0 Å². The summed E-state index contributed by atoms with van der Waals surface area (Å²) >= 11 is 0. The molecule has 4 aromatic rings. The third-order valence-corrected chi connectivity index (χ3v) is 5.39. The highest BCUT2D eigenvalue weighted by Crippen LogP contribution is 2.36. The van der Waals surface area contributed by atoms with Gasteiger partial charge in [0.25, 0.3) is 5.91 Å². The summed E-state index contributed by atoms with van der Waals surface area (Å²) in [4.78, 5) is 26.0. The van der Waals surface area contributed by atoms with Gasteiger partial charge >= 0.3 is 0 Å². The summed E-state index contributed by atoms with van der Waals surface area (Å²) in [5.41, 5.74) is 3.21. The topological polar surface area (TPSA) is 87.0 Å². The number of hydrogen-bond acceptors (Lipinski definition) is 6. The number of carbonyl (C=O) groups excluding carboxylic acids is 2. The number of para-hydroxylation sites is 1. The minimum absolute atomic E-state index is 0.0370. The van der Waals surface area contributed by atoms with E-state index in [-0.39, 0.29) is 24.9 Å². The summed E-state index contributed by atoms with van der Waals surface area (Å²) in [7, 11) is 0. The van der Waals surface area contributed by atoms with Crippen molar-refractivity contribution in [2.45, 2.75) is 13.8 Å². The van der Waals surface area contributed by atoms with Crippen molar-refractivity contribution in [2.75, 3.05) is 18.7 Å². The predicted octanol–water partition coefficient (Wildman–Crippen LogP) is 5.03. The van der Waals surface area contributed by atoms with Gasteiger partial charge < -0.3 is 23.9 Å². The molecule has 1 amide bonds. The number of carbonyl (C=O) groups is 2. The van der Waals surface area contributed by atoms with Gasteiger partial charge in [0.05, 0.1) is 5.69 Å². The summed E-state index contributed by atoms with van der Waals surface area (Å²) in [5, 5.41) is 3.43. The first-order valence-corrected chi connectivity index (χ1v) is 10.5. The number of benzene rings is 3. The third kappa shape index (κ3) is 4.01. The molecular formula is C26H21NO6. The normalized spacial score (nSPS) is 12.1. The number of nitrogens with one attached hydrogen (secondary N) is 1. The standard InChI is InChI=1S/C26H21NO6/c1-15-7-9-19(16(2)11-15)30-13-23(28)27-24-18-5-3-4-6-20(18)33-26(24)25(29)17-8-10-21-22(12-17)32-14-31-21/h3-12H,13-14H2,1-2H3,(H,27,28). The Morgan fingerprint density at radius 3 is 2.64 bits per heavy atom. The Morgan fingerprint density at radius 1 is 0.970 bits per heavy atom. The van der Waals surface area contributed by atoms with Gasteiger partial charge in [-0.2, -0.15) is 0 Å². The summed E-state index contributed by atoms with van der Waals surface area (Å²) in [6.07, 6.45) is 0. The maximum atomic E-state index is 13.3. The third-order valence-electron chi connectivity index (χ3n) is 5.39. The van der Waals surface area contributed by atoms with E-state index in [0.717, 1.165) is 11.1 Å². The maximum absolute atomic E-state index is 13.3. The Kier molecular flexibility index (Phi) is 5.22. The summed E-state index contributed by atoms with van der Waals surface area (Å²) < 4.78 is 22.2. The van der Waals surface area contributed by atoms with E-state index in [1.54, 1.807) is 36.4 Å². The minimum Gasteiger partial charge on any atom is -0.483 e. The van der Waals surface area contributed by atoms with Crippen LogP contribution in [0.2, 0.25) is 0 Å². The van der Waals surface area contributed by atoms with Crippen LogP contribution in [0.25, 0.3) is 11.0 Å². The highest BCUT2D eigenvalue weighted by Gasteiger charge is 2.25. The molecule has 166 valence electrons. The molecule has 1 aliphatic heterocycles. The summed E-state index contributed by atoms with van der Waals surface area (Å²) in [5.74, 6) is 0.952. The van der Waals surface area contributed by atoms with Crippen LogP contribution >= 0.6 is 0 Å². The molecule has 33 heavy (non-hydrogen) atoms. The number of anilines is 1.